The summed E-state index contributed by atoms with van der Waals surface area (Å²) in [7, 11) is 0. The van der Waals surface area contributed by atoms with Crippen molar-refractivity contribution in [1.82, 2.24) is 0 Å². The van der Waals surface area contributed by atoms with Crippen molar-refractivity contribution in [3.8, 4) is 11.5 Å². The Hall–Kier alpha value is -1.86. The van der Waals surface area contributed by atoms with Crippen LogP contribution in [0.2, 0.25) is 0 Å². The number of hydrogen-bond donors (Lipinski definition) is 2. The molecule has 2 saturated carbocycles. The number of phenols is 1. The van der Waals surface area contributed by atoms with Crippen LogP contribution in [-0.2, 0) is 6.42 Å². The summed E-state index contributed by atoms with van der Waals surface area (Å²) in [5.41, 5.74) is 3.85. The van der Waals surface area contributed by atoms with Crippen LogP contribution in [0.4, 0.5) is 13.2 Å². The summed E-state index contributed by atoms with van der Waals surface area (Å²) >= 11 is 1.58. The largest absolute Gasteiger partial charge is 0.508 e. The Morgan fingerprint density at radius 1 is 1.00 bits per heavy atom. The first-order valence-electron chi connectivity index (χ1n) is 14.5. The molecule has 3 aliphatic rings. The Kier molecular flexibility index (Phi) is 8.77. The number of halogens is 3. The number of thioether (sulfide) groups is 1. The Balaban J connectivity index is 1.20. The number of fused-ring (bicyclic) bond motifs is 5. The first-order valence-corrected chi connectivity index (χ1v) is 15.7. The van der Waals surface area contributed by atoms with Gasteiger partial charge in [0.1, 0.15) is 11.5 Å². The van der Waals surface area contributed by atoms with Gasteiger partial charge in [0, 0.05) is 6.42 Å². The van der Waals surface area contributed by atoms with Crippen molar-refractivity contribution in [3.05, 3.63) is 59.2 Å². The van der Waals surface area contributed by atoms with Crippen LogP contribution >= 0.6 is 11.8 Å². The second-order valence-corrected chi connectivity index (χ2v) is 13.3. The lowest BCUT2D eigenvalue weighted by atomic mass is 9.51. The van der Waals surface area contributed by atoms with Gasteiger partial charge in [-0.3, -0.25) is 0 Å². The molecule has 0 aromatic heterocycles. The molecular formula is C32H41F3O3S. The smallest absolute Gasteiger partial charge is 0.389 e. The van der Waals surface area contributed by atoms with Gasteiger partial charge in [-0.05, 0) is 133 Å². The molecule has 214 valence electrons. The normalized spacial score (nSPS) is 29.9. The lowest BCUT2D eigenvalue weighted by molar-refractivity contribution is -0.134. The molecule has 2 aromatic carbocycles. The van der Waals surface area contributed by atoms with E-state index in [1.165, 1.54) is 16.7 Å². The first kappa shape index (κ1) is 28.7. The highest BCUT2D eigenvalue weighted by atomic mass is 32.2. The van der Waals surface area contributed by atoms with Gasteiger partial charge in [-0.2, -0.15) is 24.9 Å². The zero-order chi connectivity index (χ0) is 27.6. The van der Waals surface area contributed by atoms with Crippen molar-refractivity contribution < 1.29 is 28.1 Å². The molecule has 0 saturated heterocycles. The quantitative estimate of drug-likeness (QED) is 0.286. The molecule has 0 radical (unpaired) electrons. The van der Waals surface area contributed by atoms with Crippen molar-refractivity contribution in [2.75, 3.05) is 18.1 Å². The molecular weight excluding hydrogens is 521 g/mol. The highest BCUT2D eigenvalue weighted by Gasteiger charge is 2.57. The van der Waals surface area contributed by atoms with Crippen LogP contribution in [0.3, 0.4) is 0 Å². The molecule has 2 fully saturated rings. The molecule has 0 bridgehead atoms. The molecule has 0 spiro atoms. The third-order valence-corrected chi connectivity index (χ3v) is 10.8. The van der Waals surface area contributed by atoms with Gasteiger partial charge >= 0.3 is 6.18 Å². The molecule has 5 rings (SSSR count). The number of ether oxygens (including phenoxy) is 1. The summed E-state index contributed by atoms with van der Waals surface area (Å²) in [5.74, 6) is 4.33. The summed E-state index contributed by atoms with van der Waals surface area (Å²) in [6.45, 7) is 2.90. The van der Waals surface area contributed by atoms with Crippen LogP contribution in [0.1, 0.15) is 86.8 Å². The molecule has 7 heteroatoms. The highest BCUT2D eigenvalue weighted by molar-refractivity contribution is 7.99. The van der Waals surface area contributed by atoms with Crippen molar-refractivity contribution in [2.24, 2.45) is 17.3 Å². The number of aliphatic hydroxyl groups is 1. The molecule has 39 heavy (non-hydrogen) atoms. The number of rotatable bonds is 10. The van der Waals surface area contributed by atoms with Crippen molar-refractivity contribution >= 4 is 11.8 Å². The number of alkyl halides is 3. The maximum Gasteiger partial charge on any atom is 0.389 e. The van der Waals surface area contributed by atoms with Crippen molar-refractivity contribution in [3.63, 3.8) is 0 Å². The first-order chi connectivity index (χ1) is 18.7. The predicted molar refractivity (Wildman–Crippen MR) is 151 cm³/mol. The molecule has 0 aliphatic heterocycles. The van der Waals surface area contributed by atoms with Crippen LogP contribution < -0.4 is 4.74 Å². The Morgan fingerprint density at radius 2 is 1.77 bits per heavy atom. The van der Waals surface area contributed by atoms with Crippen LogP contribution in [-0.4, -0.2) is 40.6 Å². The topological polar surface area (TPSA) is 49.7 Å². The fraction of sp³-hybridized carbons (Fsp3) is 0.625. The number of phenolic OH excluding ortho intramolecular Hbond substituents is 1. The zero-order valence-electron chi connectivity index (χ0n) is 22.8. The third kappa shape index (κ3) is 6.40. The Labute approximate surface area is 234 Å². The average Bonchev–Trinajstić information content (AvgIpc) is 3.20. The number of aliphatic hydroxyl groups excluding tert-OH is 1. The van der Waals surface area contributed by atoms with Gasteiger partial charge in [-0.15, -0.1) is 0 Å². The number of unbranched alkanes of at least 4 members (excludes halogenated alkanes) is 1. The van der Waals surface area contributed by atoms with E-state index in [4.69, 9.17) is 4.74 Å². The fourth-order valence-electron chi connectivity index (χ4n) is 7.78. The van der Waals surface area contributed by atoms with E-state index in [1.54, 1.807) is 11.8 Å². The van der Waals surface area contributed by atoms with E-state index in [2.05, 4.69) is 37.3 Å². The highest BCUT2D eigenvalue weighted by Crippen LogP contribution is 2.65. The second-order valence-electron chi connectivity index (χ2n) is 12.1. The minimum absolute atomic E-state index is 0.0693. The van der Waals surface area contributed by atoms with Gasteiger partial charge in [0.2, 0.25) is 0 Å². The summed E-state index contributed by atoms with van der Waals surface area (Å²) in [6, 6.07) is 14.4. The lowest BCUT2D eigenvalue weighted by Gasteiger charge is -2.54. The minimum atomic E-state index is -4.05. The molecule has 6 atom stereocenters. The maximum atomic E-state index is 12.2. The van der Waals surface area contributed by atoms with Crippen LogP contribution in [0.25, 0.3) is 0 Å². The zero-order valence-corrected chi connectivity index (χ0v) is 23.6. The van der Waals surface area contributed by atoms with Crippen LogP contribution in [0.5, 0.6) is 11.5 Å². The number of aryl methyl sites for hydroxylation is 1. The summed E-state index contributed by atoms with van der Waals surface area (Å²) in [4.78, 5) is 0. The lowest BCUT2D eigenvalue weighted by Crippen LogP contribution is -2.47. The standard InChI is InChI=1S/C32H41F3O3S/c1-31-20-27(21-5-9-24(10-6-21)38-16-2-3-17-39-18-4-15-32(33,34)35)30-25-12-8-23(36)19-22(25)7-11-26(30)28(31)13-14-29(31)37/h5-6,8-10,12,19,26-30,36-37H,2-4,7,11,13-18,20H2,1H3/t26-,27+,28-,29-,30+,31-/m0/s1. The minimum Gasteiger partial charge on any atom is -0.508 e. The van der Waals surface area contributed by atoms with Gasteiger partial charge in [0.05, 0.1) is 12.7 Å². The van der Waals surface area contributed by atoms with Gasteiger partial charge in [-0.1, -0.05) is 25.1 Å². The van der Waals surface area contributed by atoms with E-state index < -0.39 is 12.6 Å². The van der Waals surface area contributed by atoms with Gasteiger partial charge < -0.3 is 14.9 Å². The number of aromatic hydroxyl groups is 1. The van der Waals surface area contributed by atoms with Crippen molar-refractivity contribution in [1.29, 1.82) is 0 Å². The van der Waals surface area contributed by atoms with E-state index in [0.29, 0.717) is 41.8 Å². The van der Waals surface area contributed by atoms with E-state index in [0.717, 1.165) is 56.4 Å². The fourth-order valence-corrected chi connectivity index (χ4v) is 8.74. The molecule has 0 unspecified atom stereocenters. The summed E-state index contributed by atoms with van der Waals surface area (Å²) in [6.07, 6.45) is 2.02. The predicted octanol–water partition coefficient (Wildman–Crippen LogP) is 8.24. The van der Waals surface area contributed by atoms with E-state index in [9.17, 15) is 23.4 Å². The molecule has 0 amide bonds. The molecule has 0 heterocycles. The van der Waals surface area contributed by atoms with Crippen LogP contribution in [0.15, 0.2) is 42.5 Å². The Bertz CT molecular complexity index is 1100. The van der Waals surface area contributed by atoms with E-state index in [1.807, 2.05) is 12.1 Å². The van der Waals surface area contributed by atoms with Crippen LogP contribution in [0, 0.1) is 17.3 Å². The van der Waals surface area contributed by atoms with Crippen molar-refractivity contribution in [2.45, 2.75) is 88.8 Å². The number of benzene rings is 2. The van der Waals surface area contributed by atoms with Gasteiger partial charge in [0.25, 0.3) is 0 Å². The second kappa shape index (κ2) is 11.9. The summed E-state index contributed by atoms with van der Waals surface area (Å²) < 4.78 is 42.6. The number of hydrogen-bond acceptors (Lipinski definition) is 4. The molecule has 2 N–H and O–H groups in total. The van der Waals surface area contributed by atoms with E-state index >= 15 is 0 Å². The molecule has 3 aliphatic carbocycles. The monoisotopic (exact) mass is 562 g/mol. The molecule has 3 nitrogen and oxygen atoms in total. The van der Waals surface area contributed by atoms with E-state index in [-0.39, 0.29) is 17.9 Å². The average molecular weight is 563 g/mol. The maximum absolute atomic E-state index is 12.2. The third-order valence-electron chi connectivity index (χ3n) is 9.67. The van der Waals surface area contributed by atoms with Gasteiger partial charge in [0.15, 0.2) is 0 Å². The Morgan fingerprint density at radius 3 is 2.54 bits per heavy atom. The SMILES string of the molecule is C[C@]12C[C@H](c3ccc(OCCCCSCCCC(F)(F)F)cc3)[C@@H]3c4ccc(O)cc4CC[C@H]3[C@@H]1CC[C@@H]2O. The summed E-state index contributed by atoms with van der Waals surface area (Å²) in [5, 5.41) is 21.2. The molecule has 2 aromatic rings. The van der Waals surface area contributed by atoms with Gasteiger partial charge in [-0.25, -0.2) is 0 Å².